The van der Waals surface area contributed by atoms with Gasteiger partial charge in [0, 0.05) is 18.9 Å². The van der Waals surface area contributed by atoms with Crippen LogP contribution in [-0.4, -0.2) is 12.0 Å². The zero-order valence-electron chi connectivity index (χ0n) is 8.69. The molecule has 0 aliphatic rings. The van der Waals surface area contributed by atoms with Crippen LogP contribution in [0.4, 0.5) is 15.9 Å². The molecule has 2 rings (SSSR count). The smallest absolute Gasteiger partial charge is 0.139 e. The second-order valence-electron chi connectivity index (χ2n) is 3.35. The van der Waals surface area contributed by atoms with Crippen LogP contribution < -0.4 is 4.90 Å². The molecule has 0 atom stereocenters. The van der Waals surface area contributed by atoms with Crippen LogP contribution in [0.1, 0.15) is 0 Å². The van der Waals surface area contributed by atoms with E-state index in [2.05, 4.69) is 20.9 Å². The van der Waals surface area contributed by atoms with Gasteiger partial charge in [-0.1, -0.05) is 6.07 Å². The van der Waals surface area contributed by atoms with E-state index in [0.29, 0.717) is 4.47 Å². The van der Waals surface area contributed by atoms with Gasteiger partial charge in [0.25, 0.3) is 0 Å². The highest BCUT2D eigenvalue weighted by Gasteiger charge is 2.07. The Morgan fingerprint density at radius 3 is 2.69 bits per heavy atom. The molecule has 0 aliphatic carbocycles. The highest BCUT2D eigenvalue weighted by Crippen LogP contribution is 2.25. The van der Waals surface area contributed by atoms with E-state index in [0.717, 1.165) is 11.5 Å². The molecule has 4 heteroatoms. The Bertz CT molecular complexity index is 488. The van der Waals surface area contributed by atoms with E-state index in [4.69, 9.17) is 0 Å². The second-order valence-corrected chi connectivity index (χ2v) is 4.20. The molecule has 0 unspecified atom stereocenters. The van der Waals surface area contributed by atoms with Gasteiger partial charge in [-0.25, -0.2) is 9.37 Å². The molecule has 0 saturated heterocycles. The predicted octanol–water partition coefficient (Wildman–Crippen LogP) is 3.75. The summed E-state index contributed by atoms with van der Waals surface area (Å²) in [5.74, 6) is 0.504. The van der Waals surface area contributed by atoms with Gasteiger partial charge in [0.2, 0.25) is 0 Å². The summed E-state index contributed by atoms with van der Waals surface area (Å²) in [6, 6.07) is 10.6. The first-order valence-electron chi connectivity index (χ1n) is 4.78. The Morgan fingerprint density at radius 1 is 1.25 bits per heavy atom. The Labute approximate surface area is 102 Å². The van der Waals surface area contributed by atoms with Crippen molar-refractivity contribution in [3.8, 4) is 0 Å². The second kappa shape index (κ2) is 4.61. The first-order chi connectivity index (χ1) is 7.68. The van der Waals surface area contributed by atoms with E-state index in [9.17, 15) is 4.39 Å². The molecule has 0 aliphatic heterocycles. The lowest BCUT2D eigenvalue weighted by Crippen LogP contribution is -2.10. The lowest BCUT2D eigenvalue weighted by atomic mass is 10.3. The fraction of sp³-hybridized carbons (Fsp3) is 0.0833. The quantitative estimate of drug-likeness (QED) is 0.833. The predicted molar refractivity (Wildman–Crippen MR) is 66.4 cm³/mol. The minimum absolute atomic E-state index is 0.278. The zero-order valence-corrected chi connectivity index (χ0v) is 10.3. The molecule has 0 N–H and O–H groups in total. The summed E-state index contributed by atoms with van der Waals surface area (Å²) >= 11 is 3.13. The van der Waals surface area contributed by atoms with Crippen LogP contribution in [0.2, 0.25) is 0 Å². The van der Waals surface area contributed by atoms with Gasteiger partial charge in [0.1, 0.15) is 11.6 Å². The first kappa shape index (κ1) is 11.1. The van der Waals surface area contributed by atoms with Crippen molar-refractivity contribution in [1.29, 1.82) is 0 Å². The summed E-state index contributed by atoms with van der Waals surface area (Å²) in [5, 5.41) is 0. The molecule has 1 aromatic carbocycles. The summed E-state index contributed by atoms with van der Waals surface area (Å²) in [5.41, 5.74) is 0.763. The average Bonchev–Trinajstić information content (AvgIpc) is 2.33. The molecule has 0 radical (unpaired) electrons. The van der Waals surface area contributed by atoms with Crippen molar-refractivity contribution in [3.05, 3.63) is 52.9 Å². The van der Waals surface area contributed by atoms with Crippen LogP contribution >= 0.6 is 15.9 Å². The van der Waals surface area contributed by atoms with Crippen molar-refractivity contribution in [3.63, 3.8) is 0 Å². The minimum atomic E-state index is -0.278. The first-order valence-corrected chi connectivity index (χ1v) is 5.57. The summed E-state index contributed by atoms with van der Waals surface area (Å²) in [7, 11) is 1.85. The van der Waals surface area contributed by atoms with Gasteiger partial charge >= 0.3 is 0 Å². The molecule has 82 valence electrons. The van der Waals surface area contributed by atoms with Crippen LogP contribution in [0.3, 0.4) is 0 Å². The lowest BCUT2D eigenvalue weighted by Gasteiger charge is -2.18. The molecule has 2 aromatic rings. The molecule has 0 saturated carbocycles. The third-order valence-electron chi connectivity index (χ3n) is 2.28. The van der Waals surface area contributed by atoms with Crippen LogP contribution in [0.15, 0.2) is 47.1 Å². The largest absolute Gasteiger partial charge is 0.329 e. The summed E-state index contributed by atoms with van der Waals surface area (Å²) in [6.07, 6.45) is 1.71. The lowest BCUT2D eigenvalue weighted by molar-refractivity contribution is 0.621. The summed E-state index contributed by atoms with van der Waals surface area (Å²) in [6.45, 7) is 0. The molecule has 0 spiro atoms. The van der Waals surface area contributed by atoms with Crippen LogP contribution in [-0.2, 0) is 0 Å². The number of aromatic nitrogens is 1. The van der Waals surface area contributed by atoms with E-state index in [1.165, 1.54) is 6.07 Å². The van der Waals surface area contributed by atoms with E-state index in [1.54, 1.807) is 12.3 Å². The van der Waals surface area contributed by atoms with Crippen molar-refractivity contribution < 1.29 is 4.39 Å². The van der Waals surface area contributed by atoms with Gasteiger partial charge < -0.3 is 4.90 Å². The van der Waals surface area contributed by atoms with E-state index in [-0.39, 0.29) is 5.82 Å². The summed E-state index contributed by atoms with van der Waals surface area (Å²) in [4.78, 5) is 6.03. The maximum atomic E-state index is 13.4. The van der Waals surface area contributed by atoms with Crippen molar-refractivity contribution in [2.45, 2.75) is 0 Å². The molecule has 1 heterocycles. The van der Waals surface area contributed by atoms with Crippen LogP contribution in [0, 0.1) is 5.82 Å². The maximum absolute atomic E-state index is 13.4. The molecular formula is C12H10BrFN2. The van der Waals surface area contributed by atoms with E-state index >= 15 is 0 Å². The van der Waals surface area contributed by atoms with Crippen LogP contribution in [0.5, 0.6) is 0 Å². The average molecular weight is 281 g/mol. The SMILES string of the molecule is CN(c1ccc(Br)c(F)c1)c1ccccn1. The highest BCUT2D eigenvalue weighted by atomic mass is 79.9. The number of nitrogens with zero attached hydrogens (tertiary/aromatic N) is 2. The number of hydrogen-bond acceptors (Lipinski definition) is 2. The Kier molecular flexibility index (Phi) is 3.19. The fourth-order valence-electron chi connectivity index (χ4n) is 1.38. The molecule has 2 nitrogen and oxygen atoms in total. The third-order valence-corrected chi connectivity index (χ3v) is 2.93. The van der Waals surface area contributed by atoms with Crippen molar-refractivity contribution >= 4 is 27.4 Å². The van der Waals surface area contributed by atoms with Crippen molar-refractivity contribution in [2.75, 3.05) is 11.9 Å². The number of rotatable bonds is 2. The fourth-order valence-corrected chi connectivity index (χ4v) is 1.62. The molecule has 16 heavy (non-hydrogen) atoms. The van der Waals surface area contributed by atoms with E-state index in [1.807, 2.05) is 36.2 Å². The number of anilines is 2. The Hall–Kier alpha value is -1.42. The van der Waals surface area contributed by atoms with Crippen LogP contribution in [0.25, 0.3) is 0 Å². The summed E-state index contributed by atoms with van der Waals surface area (Å²) < 4.78 is 13.8. The normalized spacial score (nSPS) is 10.2. The van der Waals surface area contributed by atoms with Gasteiger partial charge in [0.05, 0.1) is 4.47 Å². The third kappa shape index (κ3) is 2.22. The van der Waals surface area contributed by atoms with Crippen molar-refractivity contribution in [2.24, 2.45) is 0 Å². The number of benzene rings is 1. The molecule has 0 bridgehead atoms. The number of halogens is 2. The molecule has 0 fully saturated rings. The topological polar surface area (TPSA) is 16.1 Å². The maximum Gasteiger partial charge on any atom is 0.139 e. The molecule has 0 amide bonds. The monoisotopic (exact) mass is 280 g/mol. The Morgan fingerprint density at radius 2 is 2.06 bits per heavy atom. The number of hydrogen-bond donors (Lipinski definition) is 0. The van der Waals surface area contributed by atoms with Gasteiger partial charge in [0.15, 0.2) is 0 Å². The van der Waals surface area contributed by atoms with Crippen molar-refractivity contribution in [1.82, 2.24) is 4.98 Å². The van der Waals surface area contributed by atoms with E-state index < -0.39 is 0 Å². The standard InChI is InChI=1S/C12H10BrFN2/c1-16(12-4-2-3-7-15-12)9-5-6-10(13)11(14)8-9/h2-8H,1H3. The van der Waals surface area contributed by atoms with Gasteiger partial charge in [-0.05, 0) is 46.3 Å². The van der Waals surface area contributed by atoms with Gasteiger partial charge in [-0.15, -0.1) is 0 Å². The Balaban J connectivity index is 2.34. The highest BCUT2D eigenvalue weighted by molar-refractivity contribution is 9.10. The molecule has 1 aromatic heterocycles. The zero-order chi connectivity index (χ0) is 11.5. The van der Waals surface area contributed by atoms with Gasteiger partial charge in [-0.2, -0.15) is 0 Å². The van der Waals surface area contributed by atoms with Gasteiger partial charge in [-0.3, -0.25) is 0 Å². The number of pyridine rings is 1. The molecular weight excluding hydrogens is 271 g/mol. The minimum Gasteiger partial charge on any atom is -0.329 e.